The summed E-state index contributed by atoms with van der Waals surface area (Å²) < 4.78 is 6.60. The molecular formula is C15H11ClN2O3S. The minimum Gasteiger partial charge on any atom is -0.503 e. The molecule has 0 aliphatic rings. The number of aliphatic carboxylic acids is 1. The number of rotatable bonds is 4. The summed E-state index contributed by atoms with van der Waals surface area (Å²) >= 11 is 7.25. The first-order chi connectivity index (χ1) is 10.6. The Kier molecular flexibility index (Phi) is 3.87. The molecule has 0 spiro atoms. The molecule has 1 aromatic carbocycles. The molecule has 0 aliphatic carbocycles. The molecule has 0 fully saturated rings. The third-order valence-corrected chi connectivity index (χ3v) is 4.18. The molecule has 1 N–H and O–H groups in total. The van der Waals surface area contributed by atoms with E-state index in [1.54, 1.807) is 28.1 Å². The number of thiazole rings is 1. The van der Waals surface area contributed by atoms with Crippen LogP contribution < -0.4 is 0 Å². The number of carbonyl (C=O) groups is 1. The Morgan fingerprint density at radius 3 is 2.77 bits per heavy atom. The monoisotopic (exact) mass is 334 g/mol. The SMILES string of the molecule is CO/C=C(\C(=O)O)c1csc2nc(-c3ccc(Cl)cc3)cn12. The fourth-order valence-corrected chi connectivity index (χ4v) is 3.07. The third-order valence-electron chi connectivity index (χ3n) is 3.09. The van der Waals surface area contributed by atoms with Crippen LogP contribution >= 0.6 is 22.9 Å². The Labute approximate surface area is 135 Å². The highest BCUT2D eigenvalue weighted by atomic mass is 35.5. The van der Waals surface area contributed by atoms with E-state index < -0.39 is 5.97 Å². The van der Waals surface area contributed by atoms with E-state index in [1.165, 1.54) is 24.7 Å². The summed E-state index contributed by atoms with van der Waals surface area (Å²) in [7, 11) is 1.42. The molecule has 112 valence electrons. The van der Waals surface area contributed by atoms with Crippen LogP contribution in [0.2, 0.25) is 5.02 Å². The van der Waals surface area contributed by atoms with Crippen molar-refractivity contribution in [2.24, 2.45) is 0 Å². The molecule has 2 aromatic heterocycles. The fourth-order valence-electron chi connectivity index (χ4n) is 2.08. The van der Waals surface area contributed by atoms with Crippen molar-refractivity contribution in [2.45, 2.75) is 0 Å². The van der Waals surface area contributed by atoms with E-state index in [9.17, 15) is 9.90 Å². The number of halogens is 1. The number of carboxylic acids is 1. The quantitative estimate of drug-likeness (QED) is 0.582. The van der Waals surface area contributed by atoms with Crippen molar-refractivity contribution in [3.05, 3.63) is 52.8 Å². The average molecular weight is 335 g/mol. The molecule has 7 heteroatoms. The van der Waals surface area contributed by atoms with Gasteiger partial charge in [0.15, 0.2) is 4.96 Å². The third kappa shape index (κ3) is 2.58. The Morgan fingerprint density at radius 1 is 1.41 bits per heavy atom. The van der Waals surface area contributed by atoms with Gasteiger partial charge in [0.2, 0.25) is 0 Å². The molecule has 0 radical (unpaired) electrons. The number of fused-ring (bicyclic) bond motifs is 1. The van der Waals surface area contributed by atoms with E-state index in [0.717, 1.165) is 11.3 Å². The number of imidazole rings is 1. The van der Waals surface area contributed by atoms with Gasteiger partial charge in [-0.1, -0.05) is 23.7 Å². The van der Waals surface area contributed by atoms with E-state index in [1.807, 2.05) is 12.1 Å². The Balaban J connectivity index is 2.10. The van der Waals surface area contributed by atoms with Gasteiger partial charge in [-0.3, -0.25) is 4.40 Å². The largest absolute Gasteiger partial charge is 0.503 e. The zero-order valence-corrected chi connectivity index (χ0v) is 13.1. The second-order valence-electron chi connectivity index (χ2n) is 4.48. The van der Waals surface area contributed by atoms with Crippen LogP contribution in [0.5, 0.6) is 0 Å². The number of methoxy groups -OCH3 is 1. The summed E-state index contributed by atoms with van der Waals surface area (Å²) in [6, 6.07) is 7.33. The van der Waals surface area contributed by atoms with Gasteiger partial charge in [0.25, 0.3) is 0 Å². The van der Waals surface area contributed by atoms with Crippen LogP contribution in [0.4, 0.5) is 0 Å². The smallest absolute Gasteiger partial charge is 0.341 e. The Morgan fingerprint density at radius 2 is 2.14 bits per heavy atom. The van der Waals surface area contributed by atoms with E-state index in [-0.39, 0.29) is 5.57 Å². The topological polar surface area (TPSA) is 63.8 Å². The lowest BCUT2D eigenvalue weighted by Gasteiger charge is -2.00. The first kappa shape index (κ1) is 14.6. The van der Waals surface area contributed by atoms with Crippen molar-refractivity contribution >= 4 is 39.4 Å². The second kappa shape index (κ2) is 5.82. The minimum atomic E-state index is -1.05. The number of hydrogen-bond donors (Lipinski definition) is 1. The standard InChI is InChI=1S/C15H11ClN2O3S/c1-21-7-11(14(19)20)13-8-22-15-17-12(6-18(13)15)9-2-4-10(16)5-3-9/h2-8H,1H3,(H,19,20)/b11-7-. The Bertz CT molecular complexity index is 865. The molecule has 0 aliphatic heterocycles. The molecule has 0 saturated carbocycles. The molecule has 0 atom stereocenters. The lowest BCUT2D eigenvalue weighted by atomic mass is 10.2. The van der Waals surface area contributed by atoms with Gasteiger partial charge in [-0.15, -0.1) is 11.3 Å². The van der Waals surface area contributed by atoms with Crippen LogP contribution in [0.15, 0.2) is 42.1 Å². The van der Waals surface area contributed by atoms with Crippen LogP contribution in [0.1, 0.15) is 5.69 Å². The minimum absolute atomic E-state index is 0.0776. The number of aromatic nitrogens is 2. The summed E-state index contributed by atoms with van der Waals surface area (Å²) in [5, 5.41) is 11.7. The van der Waals surface area contributed by atoms with Crippen molar-refractivity contribution in [3.63, 3.8) is 0 Å². The van der Waals surface area contributed by atoms with Crippen LogP contribution in [0.25, 0.3) is 21.8 Å². The lowest BCUT2D eigenvalue weighted by Crippen LogP contribution is -2.02. The second-order valence-corrected chi connectivity index (χ2v) is 5.75. The molecule has 3 rings (SSSR count). The fraction of sp³-hybridized carbons (Fsp3) is 0.0667. The van der Waals surface area contributed by atoms with Gasteiger partial charge in [-0.2, -0.15) is 0 Å². The summed E-state index contributed by atoms with van der Waals surface area (Å²) in [6.45, 7) is 0. The average Bonchev–Trinajstić information content (AvgIpc) is 3.06. The van der Waals surface area contributed by atoms with Gasteiger partial charge < -0.3 is 9.84 Å². The number of ether oxygens (including phenoxy) is 1. The summed E-state index contributed by atoms with van der Waals surface area (Å²) in [5.41, 5.74) is 2.28. The van der Waals surface area contributed by atoms with Gasteiger partial charge in [-0.05, 0) is 12.1 Å². The van der Waals surface area contributed by atoms with Crippen LogP contribution in [0.3, 0.4) is 0 Å². The Hall–Kier alpha value is -2.31. The van der Waals surface area contributed by atoms with E-state index in [2.05, 4.69) is 4.98 Å². The number of benzene rings is 1. The van der Waals surface area contributed by atoms with Crippen LogP contribution in [0, 0.1) is 0 Å². The van der Waals surface area contributed by atoms with E-state index in [0.29, 0.717) is 15.7 Å². The molecule has 0 bridgehead atoms. The van der Waals surface area contributed by atoms with E-state index >= 15 is 0 Å². The van der Waals surface area contributed by atoms with Gasteiger partial charge in [0.1, 0.15) is 5.57 Å². The van der Waals surface area contributed by atoms with Crippen molar-refractivity contribution in [2.75, 3.05) is 7.11 Å². The molecule has 0 amide bonds. The maximum Gasteiger partial charge on any atom is 0.341 e. The molecule has 0 saturated heterocycles. The van der Waals surface area contributed by atoms with Crippen molar-refractivity contribution in [3.8, 4) is 11.3 Å². The number of hydrogen-bond acceptors (Lipinski definition) is 4. The van der Waals surface area contributed by atoms with Gasteiger partial charge in [0.05, 0.1) is 24.8 Å². The molecule has 3 aromatic rings. The van der Waals surface area contributed by atoms with Crippen LogP contribution in [-0.4, -0.2) is 27.6 Å². The van der Waals surface area contributed by atoms with E-state index in [4.69, 9.17) is 16.3 Å². The number of nitrogens with zero attached hydrogens (tertiary/aromatic N) is 2. The van der Waals surface area contributed by atoms with Gasteiger partial charge in [-0.25, -0.2) is 9.78 Å². The molecule has 0 unspecified atom stereocenters. The first-order valence-corrected chi connectivity index (χ1v) is 7.55. The maximum absolute atomic E-state index is 11.4. The zero-order chi connectivity index (χ0) is 15.7. The highest BCUT2D eigenvalue weighted by Gasteiger charge is 2.18. The molecule has 22 heavy (non-hydrogen) atoms. The van der Waals surface area contributed by atoms with Crippen LogP contribution in [-0.2, 0) is 9.53 Å². The van der Waals surface area contributed by atoms with Crippen molar-refractivity contribution in [1.82, 2.24) is 9.38 Å². The number of carboxylic acid groups (broad SMARTS) is 1. The molecule has 5 nitrogen and oxygen atoms in total. The van der Waals surface area contributed by atoms with Gasteiger partial charge in [0, 0.05) is 22.2 Å². The predicted octanol–water partition coefficient (Wildman–Crippen LogP) is 3.79. The predicted molar refractivity (Wildman–Crippen MR) is 86.1 cm³/mol. The summed E-state index contributed by atoms with van der Waals surface area (Å²) in [6.07, 6.45) is 3.02. The van der Waals surface area contributed by atoms with Crippen molar-refractivity contribution in [1.29, 1.82) is 0 Å². The van der Waals surface area contributed by atoms with Crippen molar-refractivity contribution < 1.29 is 14.6 Å². The summed E-state index contributed by atoms with van der Waals surface area (Å²) in [5.74, 6) is -1.05. The lowest BCUT2D eigenvalue weighted by molar-refractivity contribution is -0.130. The molecule has 2 heterocycles. The van der Waals surface area contributed by atoms with Gasteiger partial charge >= 0.3 is 5.97 Å². The highest BCUT2D eigenvalue weighted by molar-refractivity contribution is 7.15. The highest BCUT2D eigenvalue weighted by Crippen LogP contribution is 2.27. The first-order valence-electron chi connectivity index (χ1n) is 6.29. The molecular weight excluding hydrogens is 324 g/mol. The summed E-state index contributed by atoms with van der Waals surface area (Å²) in [4.78, 5) is 16.6. The maximum atomic E-state index is 11.4. The zero-order valence-electron chi connectivity index (χ0n) is 11.5. The normalized spacial score (nSPS) is 11.8.